The highest BCUT2D eigenvalue weighted by molar-refractivity contribution is 6.79. The Hall–Kier alpha value is -1.65. The molecule has 0 aliphatic heterocycles. The number of ether oxygens (including phenoxy) is 2. The van der Waals surface area contributed by atoms with Gasteiger partial charge in [0.1, 0.15) is 12.3 Å². The Morgan fingerprint density at radius 3 is 2.33 bits per heavy atom. The van der Waals surface area contributed by atoms with Crippen molar-refractivity contribution in [2.75, 3.05) is 13.2 Å². The number of hydrogen-bond acceptors (Lipinski definition) is 5. The lowest BCUT2D eigenvalue weighted by atomic mass is 10.5. The summed E-state index contributed by atoms with van der Waals surface area (Å²) in [4.78, 5) is 16.3. The van der Waals surface area contributed by atoms with E-state index in [0.29, 0.717) is 6.61 Å². The van der Waals surface area contributed by atoms with E-state index in [1.165, 1.54) is 0 Å². The molecule has 6 nitrogen and oxygen atoms in total. The lowest BCUT2D eigenvalue weighted by Gasteiger charge is -2.33. The second-order valence-electron chi connectivity index (χ2n) is 5.86. The average Bonchev–Trinajstić information content (AvgIpc) is 3.04. The number of rotatable bonds is 10. The van der Waals surface area contributed by atoms with Gasteiger partial charge in [-0.1, -0.05) is 38.9 Å². The number of aromatic nitrogens is 2. The van der Waals surface area contributed by atoms with Crippen molar-refractivity contribution in [1.82, 2.24) is 9.55 Å². The van der Waals surface area contributed by atoms with Crippen molar-refractivity contribution in [3.63, 3.8) is 0 Å². The van der Waals surface area contributed by atoms with E-state index in [2.05, 4.69) is 25.8 Å². The fraction of sp³-hybridized carbons (Fsp3) is 0.706. The molecular formula is C17H29N3O3Si. The number of carbonyl (C=O) groups excluding carboxylic acids is 1. The summed E-state index contributed by atoms with van der Waals surface area (Å²) in [5.74, 6) is -0.362. The maximum atomic E-state index is 12.2. The van der Waals surface area contributed by atoms with Crippen molar-refractivity contribution in [2.45, 2.75) is 65.0 Å². The molecule has 1 aromatic heterocycles. The summed E-state index contributed by atoms with van der Waals surface area (Å²) < 4.78 is 12.7. The van der Waals surface area contributed by atoms with Crippen LogP contribution in [0.5, 0.6) is 0 Å². The van der Waals surface area contributed by atoms with Crippen LogP contribution in [0.1, 0.15) is 57.2 Å². The third-order valence-corrected chi connectivity index (χ3v) is 10.5. The molecule has 0 aliphatic rings. The first-order valence-corrected chi connectivity index (χ1v) is 11.6. The Labute approximate surface area is 145 Å². The molecule has 0 N–H and O–H groups in total. The molecule has 0 aromatic carbocycles. The number of imidazole rings is 1. The van der Waals surface area contributed by atoms with Gasteiger partial charge in [-0.2, -0.15) is 5.26 Å². The summed E-state index contributed by atoms with van der Waals surface area (Å²) in [6.45, 7) is 11.2. The van der Waals surface area contributed by atoms with E-state index < -0.39 is 14.0 Å². The molecular weight excluding hydrogens is 322 g/mol. The van der Waals surface area contributed by atoms with E-state index in [4.69, 9.17) is 14.7 Å². The summed E-state index contributed by atoms with van der Waals surface area (Å²) in [6.07, 6.45) is 1.32. The second kappa shape index (κ2) is 9.60. The maximum Gasteiger partial charge on any atom is 0.374 e. The van der Waals surface area contributed by atoms with Crippen LogP contribution in [-0.2, 0) is 9.47 Å². The molecule has 134 valence electrons. The predicted octanol–water partition coefficient (Wildman–Crippen LogP) is 3.98. The minimum Gasteiger partial charge on any atom is -0.460 e. The van der Waals surface area contributed by atoms with Crippen molar-refractivity contribution in [3.8, 4) is 6.07 Å². The Morgan fingerprint density at radius 2 is 1.88 bits per heavy atom. The standard InChI is InChI=1S/C17H29N3O3Si/c1-6-22-15(13-24(8-3,9-4)10-5)20-12-14(11-18)19-16(20)17(21)23-7-2/h12,15H,6-10,13H2,1-5H3. The zero-order valence-corrected chi connectivity index (χ0v) is 16.5. The van der Waals surface area contributed by atoms with Gasteiger partial charge in [0.15, 0.2) is 5.69 Å². The Kier molecular flexibility index (Phi) is 8.15. The number of carbonyl (C=O) groups is 1. The molecule has 1 rings (SSSR count). The monoisotopic (exact) mass is 351 g/mol. The SMILES string of the molecule is CCOC(=O)c1nc(C#N)cn1C(C[Si](CC)(CC)CC)OCC. The van der Waals surface area contributed by atoms with E-state index in [9.17, 15) is 4.79 Å². The van der Waals surface area contributed by atoms with Crippen LogP contribution in [0.25, 0.3) is 0 Å². The Bertz CT molecular complexity index is 568. The third-order valence-electron chi connectivity index (χ3n) is 4.83. The van der Waals surface area contributed by atoms with Gasteiger partial charge in [0.2, 0.25) is 5.82 Å². The molecule has 0 saturated carbocycles. The van der Waals surface area contributed by atoms with E-state index in [1.807, 2.05) is 13.0 Å². The van der Waals surface area contributed by atoms with Crippen molar-refractivity contribution in [2.24, 2.45) is 0 Å². The fourth-order valence-corrected chi connectivity index (χ4v) is 6.42. The van der Waals surface area contributed by atoms with Crippen molar-refractivity contribution >= 4 is 14.0 Å². The molecule has 7 heteroatoms. The van der Waals surface area contributed by atoms with Crippen LogP contribution >= 0.6 is 0 Å². The summed E-state index contributed by atoms with van der Waals surface area (Å²) in [6, 6.07) is 6.40. The molecule has 1 heterocycles. The largest absolute Gasteiger partial charge is 0.460 e. The lowest BCUT2D eigenvalue weighted by Crippen LogP contribution is -2.36. The topological polar surface area (TPSA) is 77.1 Å². The van der Waals surface area contributed by atoms with Crippen molar-refractivity contribution in [3.05, 3.63) is 17.7 Å². The smallest absolute Gasteiger partial charge is 0.374 e. The Morgan fingerprint density at radius 1 is 1.25 bits per heavy atom. The van der Waals surface area contributed by atoms with Gasteiger partial charge in [-0.3, -0.25) is 4.57 Å². The van der Waals surface area contributed by atoms with Gasteiger partial charge >= 0.3 is 5.97 Å². The number of nitriles is 1. The molecule has 1 unspecified atom stereocenters. The van der Waals surface area contributed by atoms with Crippen LogP contribution in [-0.4, -0.2) is 36.8 Å². The van der Waals surface area contributed by atoms with Crippen molar-refractivity contribution in [1.29, 1.82) is 5.26 Å². The maximum absolute atomic E-state index is 12.2. The minimum absolute atomic E-state index is 0.151. The van der Waals surface area contributed by atoms with Crippen molar-refractivity contribution < 1.29 is 14.3 Å². The number of nitrogens with zero attached hydrogens (tertiary/aromatic N) is 3. The van der Waals surface area contributed by atoms with Gasteiger partial charge in [-0.15, -0.1) is 0 Å². The number of hydrogen-bond donors (Lipinski definition) is 0. The Balaban J connectivity index is 3.27. The third kappa shape index (κ3) is 4.68. The fourth-order valence-electron chi connectivity index (χ4n) is 3.00. The van der Waals surface area contributed by atoms with Crippen LogP contribution in [0.4, 0.5) is 0 Å². The molecule has 1 aromatic rings. The molecule has 0 radical (unpaired) electrons. The van der Waals surface area contributed by atoms with E-state index >= 15 is 0 Å². The molecule has 0 spiro atoms. The zero-order valence-electron chi connectivity index (χ0n) is 15.5. The molecule has 0 aliphatic carbocycles. The van der Waals surface area contributed by atoms with Crippen LogP contribution in [0.15, 0.2) is 6.20 Å². The first kappa shape index (κ1) is 20.4. The first-order valence-electron chi connectivity index (χ1n) is 8.78. The van der Waals surface area contributed by atoms with Crippen LogP contribution < -0.4 is 0 Å². The zero-order chi connectivity index (χ0) is 18.2. The number of esters is 1. The molecule has 0 amide bonds. The van der Waals surface area contributed by atoms with Gasteiger partial charge in [-0.05, 0) is 19.9 Å². The lowest BCUT2D eigenvalue weighted by molar-refractivity contribution is 0.0169. The summed E-state index contributed by atoms with van der Waals surface area (Å²) in [7, 11) is -1.49. The van der Waals surface area contributed by atoms with Gasteiger partial charge in [-0.25, -0.2) is 9.78 Å². The normalized spacial score (nSPS) is 12.7. The second-order valence-corrected chi connectivity index (χ2v) is 11.4. The first-order chi connectivity index (χ1) is 11.5. The van der Waals surface area contributed by atoms with Gasteiger partial charge in [0, 0.05) is 12.8 Å². The molecule has 24 heavy (non-hydrogen) atoms. The van der Waals surface area contributed by atoms with Crippen LogP contribution in [0.2, 0.25) is 24.2 Å². The highest BCUT2D eigenvalue weighted by Gasteiger charge is 2.33. The minimum atomic E-state index is -1.49. The molecule has 0 saturated heterocycles. The highest BCUT2D eigenvalue weighted by atomic mass is 28.3. The highest BCUT2D eigenvalue weighted by Crippen LogP contribution is 2.32. The predicted molar refractivity (Wildman–Crippen MR) is 95.6 cm³/mol. The summed E-state index contributed by atoms with van der Waals surface area (Å²) in [5, 5.41) is 9.16. The van der Waals surface area contributed by atoms with E-state index in [-0.39, 0.29) is 24.4 Å². The van der Waals surface area contributed by atoms with Crippen LogP contribution in [0.3, 0.4) is 0 Å². The van der Waals surface area contributed by atoms with Gasteiger partial charge in [0.25, 0.3) is 0 Å². The summed E-state index contributed by atoms with van der Waals surface area (Å²) in [5.41, 5.74) is 0.208. The molecule has 0 bridgehead atoms. The molecule has 1 atom stereocenters. The summed E-state index contributed by atoms with van der Waals surface area (Å²) >= 11 is 0. The average molecular weight is 352 g/mol. The van der Waals surface area contributed by atoms with Crippen LogP contribution in [0, 0.1) is 11.3 Å². The van der Waals surface area contributed by atoms with E-state index in [1.54, 1.807) is 17.7 Å². The van der Waals surface area contributed by atoms with Gasteiger partial charge in [0.05, 0.1) is 14.7 Å². The van der Waals surface area contributed by atoms with Gasteiger partial charge < -0.3 is 9.47 Å². The molecule has 0 fully saturated rings. The quantitative estimate of drug-likeness (QED) is 0.471. The van der Waals surface area contributed by atoms with E-state index in [0.717, 1.165) is 24.2 Å².